The molecule has 0 spiro atoms. The Kier molecular flexibility index (Phi) is 6.84. The van der Waals surface area contributed by atoms with Gasteiger partial charge in [-0.3, -0.25) is 9.59 Å². The molecule has 1 rings (SSSR count). The summed E-state index contributed by atoms with van der Waals surface area (Å²) >= 11 is 0. The molecule has 1 saturated heterocycles. The summed E-state index contributed by atoms with van der Waals surface area (Å²) in [6, 6.07) is 0. The van der Waals surface area contributed by atoms with Gasteiger partial charge in [-0.25, -0.2) is 0 Å². The number of carbonyl (C=O) groups excluding carboxylic acids is 2. The van der Waals surface area contributed by atoms with Crippen LogP contribution in [0.4, 0.5) is 0 Å². The standard InChI is InChI=1S/C14H27N3O2/c1-4-6-16-13(18)10-17(7-5-2)14(19)12-9-15-8-11(12)3/h11-12,15H,4-10H2,1-3H3,(H,16,18)/t11-,12-/m1/s1. The molecule has 0 unspecified atom stereocenters. The van der Waals surface area contributed by atoms with Gasteiger partial charge < -0.3 is 15.5 Å². The topological polar surface area (TPSA) is 61.4 Å². The van der Waals surface area contributed by atoms with E-state index in [1.54, 1.807) is 4.90 Å². The molecular weight excluding hydrogens is 242 g/mol. The van der Waals surface area contributed by atoms with Gasteiger partial charge in [0.25, 0.3) is 0 Å². The van der Waals surface area contributed by atoms with Gasteiger partial charge in [0.1, 0.15) is 0 Å². The Balaban J connectivity index is 2.55. The van der Waals surface area contributed by atoms with Gasteiger partial charge >= 0.3 is 0 Å². The van der Waals surface area contributed by atoms with Crippen LogP contribution in [0.15, 0.2) is 0 Å². The zero-order valence-corrected chi connectivity index (χ0v) is 12.4. The molecule has 5 heteroatoms. The highest BCUT2D eigenvalue weighted by atomic mass is 16.2. The third-order valence-electron chi connectivity index (χ3n) is 3.55. The van der Waals surface area contributed by atoms with E-state index in [2.05, 4.69) is 17.6 Å². The predicted molar refractivity (Wildman–Crippen MR) is 75.7 cm³/mol. The van der Waals surface area contributed by atoms with E-state index in [1.807, 2.05) is 13.8 Å². The number of amides is 2. The molecule has 0 aromatic heterocycles. The molecular formula is C14H27N3O2. The van der Waals surface area contributed by atoms with Gasteiger partial charge in [-0.05, 0) is 25.3 Å². The lowest BCUT2D eigenvalue weighted by atomic mass is 9.96. The summed E-state index contributed by atoms with van der Waals surface area (Å²) < 4.78 is 0. The molecule has 1 aliphatic heterocycles. The Morgan fingerprint density at radius 3 is 2.53 bits per heavy atom. The average molecular weight is 269 g/mol. The smallest absolute Gasteiger partial charge is 0.239 e. The Morgan fingerprint density at radius 2 is 2.00 bits per heavy atom. The van der Waals surface area contributed by atoms with Crippen molar-refractivity contribution in [3.63, 3.8) is 0 Å². The van der Waals surface area contributed by atoms with Gasteiger partial charge in [-0.1, -0.05) is 20.8 Å². The molecule has 0 bridgehead atoms. The second-order valence-corrected chi connectivity index (χ2v) is 5.35. The zero-order valence-electron chi connectivity index (χ0n) is 12.4. The van der Waals surface area contributed by atoms with Crippen LogP contribution in [0, 0.1) is 11.8 Å². The Hall–Kier alpha value is -1.10. The van der Waals surface area contributed by atoms with Crippen LogP contribution in [0.25, 0.3) is 0 Å². The number of nitrogens with zero attached hydrogens (tertiary/aromatic N) is 1. The fourth-order valence-corrected chi connectivity index (χ4v) is 2.41. The number of carbonyl (C=O) groups is 2. The van der Waals surface area contributed by atoms with Crippen LogP contribution in [0.3, 0.4) is 0 Å². The van der Waals surface area contributed by atoms with Crippen LogP contribution in [0.1, 0.15) is 33.6 Å². The van der Waals surface area contributed by atoms with Crippen LogP contribution in [-0.2, 0) is 9.59 Å². The second kappa shape index (κ2) is 8.15. The summed E-state index contributed by atoms with van der Waals surface area (Å²) in [4.78, 5) is 25.9. The maximum atomic E-state index is 12.5. The molecule has 1 aliphatic rings. The van der Waals surface area contributed by atoms with Crippen LogP contribution >= 0.6 is 0 Å². The Labute approximate surface area is 116 Å². The fraction of sp³-hybridized carbons (Fsp3) is 0.857. The number of hydrogen-bond acceptors (Lipinski definition) is 3. The van der Waals surface area contributed by atoms with E-state index in [9.17, 15) is 9.59 Å². The van der Waals surface area contributed by atoms with Crippen LogP contribution in [0.5, 0.6) is 0 Å². The summed E-state index contributed by atoms with van der Waals surface area (Å²) in [5, 5.41) is 6.07. The van der Waals surface area contributed by atoms with E-state index in [0.29, 0.717) is 19.0 Å². The first kappa shape index (κ1) is 16.0. The first-order valence-corrected chi connectivity index (χ1v) is 7.36. The van der Waals surface area contributed by atoms with E-state index in [0.717, 1.165) is 25.9 Å². The lowest BCUT2D eigenvalue weighted by Crippen LogP contribution is -2.45. The summed E-state index contributed by atoms with van der Waals surface area (Å²) in [5.74, 6) is 0.435. The lowest BCUT2D eigenvalue weighted by molar-refractivity contribution is -0.139. The van der Waals surface area contributed by atoms with E-state index in [1.165, 1.54) is 0 Å². The summed E-state index contributed by atoms with van der Waals surface area (Å²) in [7, 11) is 0. The van der Waals surface area contributed by atoms with Crippen LogP contribution < -0.4 is 10.6 Å². The van der Waals surface area contributed by atoms with E-state index >= 15 is 0 Å². The van der Waals surface area contributed by atoms with Gasteiger partial charge in [0.2, 0.25) is 11.8 Å². The minimum absolute atomic E-state index is 0.0190. The third-order valence-corrected chi connectivity index (χ3v) is 3.55. The van der Waals surface area contributed by atoms with Crippen molar-refractivity contribution in [3.8, 4) is 0 Å². The highest BCUT2D eigenvalue weighted by molar-refractivity contribution is 5.86. The molecule has 2 N–H and O–H groups in total. The molecule has 0 aromatic rings. The van der Waals surface area contributed by atoms with Crippen molar-refractivity contribution < 1.29 is 9.59 Å². The highest BCUT2D eigenvalue weighted by Crippen LogP contribution is 2.18. The molecule has 2 atom stereocenters. The van der Waals surface area contributed by atoms with Crippen molar-refractivity contribution in [1.82, 2.24) is 15.5 Å². The predicted octanol–water partition coefficient (Wildman–Crippen LogP) is 0.607. The van der Waals surface area contributed by atoms with E-state index in [-0.39, 0.29) is 24.3 Å². The number of rotatable bonds is 7. The maximum absolute atomic E-state index is 12.5. The number of nitrogens with one attached hydrogen (secondary N) is 2. The van der Waals surface area contributed by atoms with Crippen LogP contribution in [-0.4, -0.2) is 49.4 Å². The quantitative estimate of drug-likeness (QED) is 0.712. The normalized spacial score (nSPS) is 22.3. The van der Waals surface area contributed by atoms with Gasteiger partial charge in [0, 0.05) is 19.6 Å². The molecule has 1 fully saturated rings. The van der Waals surface area contributed by atoms with Gasteiger partial charge in [0.15, 0.2) is 0 Å². The van der Waals surface area contributed by atoms with Crippen molar-refractivity contribution in [3.05, 3.63) is 0 Å². The monoisotopic (exact) mass is 269 g/mol. The van der Waals surface area contributed by atoms with Crippen molar-refractivity contribution in [1.29, 1.82) is 0 Å². The lowest BCUT2D eigenvalue weighted by Gasteiger charge is -2.26. The summed E-state index contributed by atoms with van der Waals surface area (Å²) in [6.07, 6.45) is 1.79. The maximum Gasteiger partial charge on any atom is 0.239 e. The molecule has 0 aromatic carbocycles. The average Bonchev–Trinajstić information content (AvgIpc) is 2.81. The van der Waals surface area contributed by atoms with Crippen molar-refractivity contribution >= 4 is 11.8 Å². The van der Waals surface area contributed by atoms with Gasteiger partial charge in [-0.2, -0.15) is 0 Å². The summed E-state index contributed by atoms with van der Waals surface area (Å²) in [5.41, 5.74) is 0. The molecule has 0 radical (unpaired) electrons. The number of hydrogen-bond donors (Lipinski definition) is 2. The van der Waals surface area contributed by atoms with E-state index < -0.39 is 0 Å². The fourth-order valence-electron chi connectivity index (χ4n) is 2.41. The first-order valence-electron chi connectivity index (χ1n) is 7.36. The van der Waals surface area contributed by atoms with Crippen molar-refractivity contribution in [2.24, 2.45) is 11.8 Å². The highest BCUT2D eigenvalue weighted by Gasteiger charge is 2.33. The molecule has 110 valence electrons. The minimum atomic E-state index is -0.0535. The zero-order chi connectivity index (χ0) is 14.3. The molecule has 19 heavy (non-hydrogen) atoms. The van der Waals surface area contributed by atoms with Gasteiger partial charge in [0.05, 0.1) is 12.5 Å². The molecule has 0 aliphatic carbocycles. The van der Waals surface area contributed by atoms with E-state index in [4.69, 9.17) is 0 Å². The molecule has 5 nitrogen and oxygen atoms in total. The summed E-state index contributed by atoms with van der Waals surface area (Å²) in [6.45, 7) is 9.27. The largest absolute Gasteiger partial charge is 0.355 e. The van der Waals surface area contributed by atoms with Crippen molar-refractivity contribution in [2.75, 3.05) is 32.7 Å². The Bertz CT molecular complexity index is 307. The SMILES string of the molecule is CCCNC(=O)CN(CCC)C(=O)[C@@H]1CNC[C@H]1C. The minimum Gasteiger partial charge on any atom is -0.355 e. The second-order valence-electron chi connectivity index (χ2n) is 5.35. The third kappa shape index (κ3) is 4.82. The van der Waals surface area contributed by atoms with Crippen LogP contribution in [0.2, 0.25) is 0 Å². The Morgan fingerprint density at radius 1 is 1.26 bits per heavy atom. The molecule has 2 amide bonds. The van der Waals surface area contributed by atoms with Crippen molar-refractivity contribution in [2.45, 2.75) is 33.6 Å². The molecule has 1 heterocycles. The first-order chi connectivity index (χ1) is 9.10. The van der Waals surface area contributed by atoms with Gasteiger partial charge in [-0.15, -0.1) is 0 Å². The molecule has 0 saturated carbocycles.